The summed E-state index contributed by atoms with van der Waals surface area (Å²) < 4.78 is 6.75. The van der Waals surface area contributed by atoms with E-state index in [0.717, 1.165) is 23.1 Å². The van der Waals surface area contributed by atoms with E-state index in [1.807, 2.05) is 24.3 Å². The summed E-state index contributed by atoms with van der Waals surface area (Å²) in [6.07, 6.45) is 1.98. The Morgan fingerprint density at radius 1 is 1.35 bits per heavy atom. The van der Waals surface area contributed by atoms with E-state index in [0.29, 0.717) is 12.5 Å². The monoisotopic (exact) mass is 299 g/mol. The van der Waals surface area contributed by atoms with Gasteiger partial charge in [-0.15, -0.1) is 0 Å². The third kappa shape index (κ3) is 4.68. The van der Waals surface area contributed by atoms with Gasteiger partial charge in [-0.05, 0) is 43.5 Å². The number of hydrogen-bond donors (Lipinski definition) is 1. The van der Waals surface area contributed by atoms with Crippen molar-refractivity contribution in [2.24, 2.45) is 11.7 Å². The molecular weight excluding hydrogens is 278 g/mol. The Morgan fingerprint density at radius 2 is 1.94 bits per heavy atom. The molecule has 1 aromatic rings. The molecule has 2 N–H and O–H groups in total. The second-order valence-electron chi connectivity index (χ2n) is 4.87. The van der Waals surface area contributed by atoms with Crippen molar-refractivity contribution in [3.63, 3.8) is 0 Å². The van der Waals surface area contributed by atoms with Gasteiger partial charge in [0.2, 0.25) is 0 Å². The molecule has 0 saturated carbocycles. The van der Waals surface area contributed by atoms with E-state index in [-0.39, 0.29) is 5.54 Å². The molecule has 0 fully saturated rings. The van der Waals surface area contributed by atoms with Gasteiger partial charge in [-0.3, -0.25) is 0 Å². The fourth-order valence-corrected chi connectivity index (χ4v) is 1.90. The van der Waals surface area contributed by atoms with Gasteiger partial charge in [0, 0.05) is 10.0 Å². The fraction of sp³-hybridized carbons (Fsp3) is 0.571. The van der Waals surface area contributed by atoms with E-state index in [4.69, 9.17) is 10.5 Å². The minimum Gasteiger partial charge on any atom is -0.494 e. The smallest absolute Gasteiger partial charge is 0.119 e. The first-order valence-corrected chi connectivity index (χ1v) is 6.92. The maximum atomic E-state index is 6.27. The predicted molar refractivity (Wildman–Crippen MR) is 76.3 cm³/mol. The van der Waals surface area contributed by atoms with Gasteiger partial charge in [-0.1, -0.05) is 36.2 Å². The number of halogens is 1. The van der Waals surface area contributed by atoms with E-state index >= 15 is 0 Å². The van der Waals surface area contributed by atoms with Gasteiger partial charge in [0.15, 0.2) is 0 Å². The van der Waals surface area contributed by atoms with Gasteiger partial charge in [0.1, 0.15) is 5.75 Å². The largest absolute Gasteiger partial charge is 0.494 e. The highest BCUT2D eigenvalue weighted by molar-refractivity contribution is 9.10. The van der Waals surface area contributed by atoms with Crippen LogP contribution < -0.4 is 10.5 Å². The maximum Gasteiger partial charge on any atom is 0.119 e. The highest BCUT2D eigenvalue weighted by atomic mass is 79.9. The number of ether oxygens (including phenoxy) is 1. The van der Waals surface area contributed by atoms with Crippen molar-refractivity contribution in [3.8, 4) is 5.75 Å². The zero-order valence-corrected chi connectivity index (χ0v) is 12.5. The number of benzene rings is 1. The van der Waals surface area contributed by atoms with Crippen molar-refractivity contribution in [2.45, 2.75) is 39.2 Å². The summed E-state index contributed by atoms with van der Waals surface area (Å²) in [6, 6.07) is 7.87. The second-order valence-corrected chi connectivity index (χ2v) is 5.78. The molecule has 0 aliphatic carbocycles. The molecule has 0 saturated heterocycles. The van der Waals surface area contributed by atoms with Gasteiger partial charge in [0.25, 0.3) is 0 Å². The Labute approximate surface area is 113 Å². The van der Waals surface area contributed by atoms with Crippen LogP contribution in [0, 0.1) is 5.92 Å². The quantitative estimate of drug-likeness (QED) is 0.862. The molecule has 0 aliphatic rings. The Kier molecular flexibility index (Phi) is 5.47. The van der Waals surface area contributed by atoms with Crippen molar-refractivity contribution in [2.75, 3.05) is 6.61 Å². The Morgan fingerprint density at radius 3 is 2.47 bits per heavy atom. The van der Waals surface area contributed by atoms with Crippen LogP contribution in [0.15, 0.2) is 28.7 Å². The zero-order chi connectivity index (χ0) is 12.9. The van der Waals surface area contributed by atoms with Gasteiger partial charge in [0.05, 0.1) is 6.61 Å². The summed E-state index contributed by atoms with van der Waals surface area (Å²) in [5.74, 6) is 1.41. The van der Waals surface area contributed by atoms with Crippen LogP contribution in [0.1, 0.15) is 33.6 Å². The summed E-state index contributed by atoms with van der Waals surface area (Å²) in [5.41, 5.74) is 6.12. The minimum absolute atomic E-state index is 0.149. The zero-order valence-electron chi connectivity index (χ0n) is 10.9. The number of rotatable bonds is 6. The molecule has 1 rings (SSSR count). The molecule has 2 atom stereocenters. The molecule has 2 unspecified atom stereocenters. The summed E-state index contributed by atoms with van der Waals surface area (Å²) in [7, 11) is 0. The van der Waals surface area contributed by atoms with Crippen molar-refractivity contribution < 1.29 is 4.74 Å². The highest BCUT2D eigenvalue weighted by Crippen LogP contribution is 2.22. The first-order chi connectivity index (χ1) is 7.95. The second kappa shape index (κ2) is 6.41. The number of hydrogen-bond acceptors (Lipinski definition) is 2. The van der Waals surface area contributed by atoms with Crippen molar-refractivity contribution in [1.82, 2.24) is 0 Å². The lowest BCUT2D eigenvalue weighted by Crippen LogP contribution is -2.44. The summed E-state index contributed by atoms with van der Waals surface area (Å²) in [5, 5.41) is 0. The van der Waals surface area contributed by atoms with E-state index in [2.05, 4.69) is 36.7 Å². The van der Waals surface area contributed by atoms with Gasteiger partial charge in [-0.25, -0.2) is 0 Å². The van der Waals surface area contributed by atoms with Crippen molar-refractivity contribution in [1.29, 1.82) is 0 Å². The fourth-order valence-electron chi connectivity index (χ4n) is 1.63. The number of nitrogens with two attached hydrogens (primary N) is 1. The van der Waals surface area contributed by atoms with E-state index < -0.39 is 0 Å². The average molecular weight is 300 g/mol. The average Bonchev–Trinajstić information content (AvgIpc) is 2.30. The first-order valence-electron chi connectivity index (χ1n) is 6.13. The molecule has 0 heterocycles. The van der Waals surface area contributed by atoms with Gasteiger partial charge < -0.3 is 10.5 Å². The van der Waals surface area contributed by atoms with Gasteiger partial charge in [-0.2, -0.15) is 0 Å². The van der Waals surface area contributed by atoms with Gasteiger partial charge >= 0.3 is 0 Å². The van der Waals surface area contributed by atoms with Crippen molar-refractivity contribution in [3.05, 3.63) is 28.7 Å². The highest BCUT2D eigenvalue weighted by Gasteiger charge is 2.24. The first kappa shape index (κ1) is 14.5. The van der Waals surface area contributed by atoms with Crippen LogP contribution >= 0.6 is 15.9 Å². The lowest BCUT2D eigenvalue weighted by atomic mass is 9.84. The van der Waals surface area contributed by atoms with Crippen LogP contribution in [-0.4, -0.2) is 12.1 Å². The standard InChI is InChI=1S/C14H22BrNO/c1-4-11(2)14(3,16)9-10-17-13-7-5-12(15)6-8-13/h5-8,11H,4,9-10,16H2,1-3H3. The Balaban J connectivity index is 2.39. The molecule has 0 spiro atoms. The molecule has 17 heavy (non-hydrogen) atoms. The summed E-state index contributed by atoms with van der Waals surface area (Å²) in [4.78, 5) is 0. The predicted octanol–water partition coefficient (Wildman–Crippen LogP) is 3.98. The molecule has 3 heteroatoms. The SMILES string of the molecule is CCC(C)C(C)(N)CCOc1ccc(Br)cc1. The van der Waals surface area contributed by atoms with Crippen LogP contribution in [0.5, 0.6) is 5.75 Å². The molecule has 1 aromatic carbocycles. The lowest BCUT2D eigenvalue weighted by Gasteiger charge is -2.31. The third-order valence-corrected chi connectivity index (χ3v) is 3.99. The topological polar surface area (TPSA) is 35.2 Å². The van der Waals surface area contributed by atoms with E-state index in [1.165, 1.54) is 0 Å². The summed E-state index contributed by atoms with van der Waals surface area (Å²) in [6.45, 7) is 7.13. The van der Waals surface area contributed by atoms with E-state index in [9.17, 15) is 0 Å². The van der Waals surface area contributed by atoms with Crippen LogP contribution in [-0.2, 0) is 0 Å². The molecule has 0 bridgehead atoms. The maximum absolute atomic E-state index is 6.27. The van der Waals surface area contributed by atoms with Crippen LogP contribution in [0.25, 0.3) is 0 Å². The Bertz CT molecular complexity index is 335. The minimum atomic E-state index is -0.149. The molecule has 0 amide bonds. The molecule has 0 aliphatic heterocycles. The normalized spacial score (nSPS) is 16.3. The molecular formula is C14H22BrNO. The van der Waals surface area contributed by atoms with Crippen LogP contribution in [0.4, 0.5) is 0 Å². The Hall–Kier alpha value is -0.540. The lowest BCUT2D eigenvalue weighted by molar-refractivity contribution is 0.218. The third-order valence-electron chi connectivity index (χ3n) is 3.46. The summed E-state index contributed by atoms with van der Waals surface area (Å²) >= 11 is 3.40. The van der Waals surface area contributed by atoms with Crippen molar-refractivity contribution >= 4 is 15.9 Å². The van der Waals surface area contributed by atoms with E-state index in [1.54, 1.807) is 0 Å². The molecule has 0 radical (unpaired) electrons. The van der Waals surface area contributed by atoms with Crippen LogP contribution in [0.3, 0.4) is 0 Å². The molecule has 2 nitrogen and oxygen atoms in total. The molecule has 96 valence electrons. The van der Waals surface area contributed by atoms with Crippen LogP contribution in [0.2, 0.25) is 0 Å². The molecule has 0 aromatic heterocycles.